The minimum atomic E-state index is -4.69. The van der Waals surface area contributed by atoms with Crippen LogP contribution in [-0.4, -0.2) is 21.8 Å². The number of thioether (sulfide) groups is 1. The smallest absolute Gasteiger partial charge is 0.333 e. The van der Waals surface area contributed by atoms with Crippen LogP contribution in [0.5, 0.6) is 0 Å². The van der Waals surface area contributed by atoms with Crippen molar-refractivity contribution in [2.45, 2.75) is 17.1 Å². The first-order chi connectivity index (χ1) is 15.8. The summed E-state index contributed by atoms with van der Waals surface area (Å²) in [5.74, 6) is -1.09. The second-order valence-electron chi connectivity index (χ2n) is 7.00. The first-order valence-corrected chi connectivity index (χ1v) is 10.7. The zero-order valence-corrected chi connectivity index (χ0v) is 17.8. The number of benzene rings is 3. The number of nitrogens with one attached hydrogen (secondary N) is 3. The van der Waals surface area contributed by atoms with E-state index >= 15 is 0 Å². The molecule has 2 amide bonds. The summed E-state index contributed by atoms with van der Waals surface area (Å²) in [6.45, 7) is 0. The van der Waals surface area contributed by atoms with Gasteiger partial charge in [-0.3, -0.25) is 20.4 Å². The van der Waals surface area contributed by atoms with Crippen molar-refractivity contribution in [2.75, 3.05) is 0 Å². The average molecular weight is 470 g/mol. The highest BCUT2D eigenvalue weighted by Crippen LogP contribution is 2.31. The third-order valence-electron chi connectivity index (χ3n) is 4.73. The standard InChI is InChI=1S/C23H17F3N4O2S/c24-23(25,26)17-6-2-1-5-16(17)21(32)30-29-20(31)15-11-9-14(10-12-15)13-33-22-27-18-7-3-4-8-19(18)28-22/h1-12H,13H2,(H,27,28)(H,29,31)(H,30,32). The number of imidazole rings is 1. The Morgan fingerprint density at radius 1 is 0.879 bits per heavy atom. The molecule has 0 radical (unpaired) electrons. The molecule has 0 unspecified atom stereocenters. The Bertz CT molecular complexity index is 1270. The van der Waals surface area contributed by atoms with Gasteiger partial charge >= 0.3 is 6.18 Å². The van der Waals surface area contributed by atoms with Gasteiger partial charge in [0.05, 0.1) is 22.2 Å². The Morgan fingerprint density at radius 3 is 2.27 bits per heavy atom. The Hall–Kier alpha value is -3.79. The molecular formula is C23H17F3N4O2S. The van der Waals surface area contributed by atoms with Crippen molar-refractivity contribution in [3.8, 4) is 0 Å². The summed E-state index contributed by atoms with van der Waals surface area (Å²) >= 11 is 1.51. The summed E-state index contributed by atoms with van der Waals surface area (Å²) in [6, 6.07) is 18.7. The monoisotopic (exact) mass is 470 g/mol. The topological polar surface area (TPSA) is 86.9 Å². The number of fused-ring (bicyclic) bond motifs is 1. The Kier molecular flexibility index (Phi) is 6.36. The first kappa shape index (κ1) is 22.4. The summed E-state index contributed by atoms with van der Waals surface area (Å²) in [6.07, 6.45) is -4.69. The molecule has 0 saturated carbocycles. The van der Waals surface area contributed by atoms with Crippen LogP contribution in [0.25, 0.3) is 11.0 Å². The number of H-pyrrole nitrogens is 1. The van der Waals surface area contributed by atoms with Gasteiger partial charge in [-0.15, -0.1) is 0 Å². The molecule has 0 aliphatic rings. The number of halogens is 3. The molecule has 0 fully saturated rings. The van der Waals surface area contributed by atoms with Gasteiger partial charge in [0, 0.05) is 11.3 Å². The number of alkyl halides is 3. The quantitative estimate of drug-likeness (QED) is 0.285. The van der Waals surface area contributed by atoms with Gasteiger partial charge in [0.15, 0.2) is 5.16 Å². The van der Waals surface area contributed by atoms with Gasteiger partial charge in [0.1, 0.15) is 0 Å². The molecule has 168 valence electrons. The lowest BCUT2D eigenvalue weighted by Gasteiger charge is -2.13. The maximum Gasteiger partial charge on any atom is 0.417 e. The predicted molar refractivity (Wildman–Crippen MR) is 118 cm³/mol. The van der Waals surface area contributed by atoms with Gasteiger partial charge in [0.25, 0.3) is 11.8 Å². The molecule has 6 nitrogen and oxygen atoms in total. The zero-order valence-electron chi connectivity index (χ0n) is 16.9. The van der Waals surface area contributed by atoms with Gasteiger partial charge in [0.2, 0.25) is 0 Å². The Labute approximate surface area is 190 Å². The van der Waals surface area contributed by atoms with Crippen LogP contribution in [0.4, 0.5) is 13.2 Å². The van der Waals surface area contributed by atoms with E-state index in [0.29, 0.717) is 5.75 Å². The van der Waals surface area contributed by atoms with E-state index < -0.39 is 29.1 Å². The van der Waals surface area contributed by atoms with Crippen LogP contribution in [0.15, 0.2) is 78.0 Å². The first-order valence-electron chi connectivity index (χ1n) is 9.74. The van der Waals surface area contributed by atoms with Gasteiger partial charge in [-0.25, -0.2) is 4.98 Å². The Morgan fingerprint density at radius 2 is 1.55 bits per heavy atom. The minimum absolute atomic E-state index is 0.247. The van der Waals surface area contributed by atoms with Crippen molar-refractivity contribution in [3.05, 3.63) is 95.1 Å². The predicted octanol–water partition coefficient (Wildman–Crippen LogP) is 4.95. The van der Waals surface area contributed by atoms with Crippen LogP contribution in [-0.2, 0) is 11.9 Å². The highest BCUT2D eigenvalue weighted by molar-refractivity contribution is 7.98. The molecule has 0 saturated heterocycles. The van der Waals surface area contributed by atoms with E-state index in [0.717, 1.165) is 33.9 Å². The lowest BCUT2D eigenvalue weighted by Crippen LogP contribution is -2.42. The average Bonchev–Trinajstić information content (AvgIpc) is 3.24. The number of nitrogens with zero attached hydrogens (tertiary/aromatic N) is 1. The normalized spacial score (nSPS) is 11.4. The van der Waals surface area contributed by atoms with Gasteiger partial charge < -0.3 is 4.98 Å². The number of hydrogen-bond acceptors (Lipinski definition) is 4. The number of amides is 2. The minimum Gasteiger partial charge on any atom is -0.333 e. The van der Waals surface area contributed by atoms with Crippen molar-refractivity contribution in [3.63, 3.8) is 0 Å². The van der Waals surface area contributed by atoms with Gasteiger partial charge in [-0.05, 0) is 42.0 Å². The largest absolute Gasteiger partial charge is 0.417 e. The van der Waals surface area contributed by atoms with E-state index in [9.17, 15) is 22.8 Å². The van der Waals surface area contributed by atoms with E-state index in [1.807, 2.05) is 29.7 Å². The molecule has 4 aromatic rings. The number of aromatic amines is 1. The third-order valence-corrected chi connectivity index (χ3v) is 5.67. The molecule has 0 aliphatic carbocycles. The number of hydrazine groups is 1. The summed E-state index contributed by atoms with van der Waals surface area (Å²) in [4.78, 5) is 32.2. The molecule has 0 spiro atoms. The molecule has 3 N–H and O–H groups in total. The second-order valence-corrected chi connectivity index (χ2v) is 7.96. The molecule has 1 aromatic heterocycles. The number of aromatic nitrogens is 2. The number of rotatable bonds is 5. The van der Waals surface area contributed by atoms with E-state index in [4.69, 9.17) is 0 Å². The molecule has 0 atom stereocenters. The van der Waals surface area contributed by atoms with Crippen molar-refractivity contribution in [2.24, 2.45) is 0 Å². The molecule has 3 aromatic carbocycles. The number of para-hydroxylation sites is 2. The van der Waals surface area contributed by atoms with Gasteiger partial charge in [-0.1, -0.05) is 48.2 Å². The number of carbonyl (C=O) groups is 2. The molecular weight excluding hydrogens is 453 g/mol. The molecule has 33 heavy (non-hydrogen) atoms. The summed E-state index contributed by atoms with van der Waals surface area (Å²) in [5.41, 5.74) is 5.53. The molecule has 4 rings (SSSR count). The maximum absolute atomic E-state index is 13.1. The van der Waals surface area contributed by atoms with E-state index in [-0.39, 0.29) is 5.56 Å². The van der Waals surface area contributed by atoms with Crippen LogP contribution in [0.3, 0.4) is 0 Å². The van der Waals surface area contributed by atoms with Crippen molar-refractivity contribution in [1.82, 2.24) is 20.8 Å². The zero-order chi connectivity index (χ0) is 23.4. The fourth-order valence-electron chi connectivity index (χ4n) is 3.08. The van der Waals surface area contributed by atoms with E-state index in [1.165, 1.54) is 23.9 Å². The maximum atomic E-state index is 13.1. The van der Waals surface area contributed by atoms with Crippen molar-refractivity contribution in [1.29, 1.82) is 0 Å². The van der Waals surface area contributed by atoms with Crippen LogP contribution in [0.1, 0.15) is 31.8 Å². The van der Waals surface area contributed by atoms with Crippen LogP contribution < -0.4 is 10.9 Å². The summed E-state index contributed by atoms with van der Waals surface area (Å²) in [5, 5.41) is 0.778. The van der Waals surface area contributed by atoms with Gasteiger partial charge in [-0.2, -0.15) is 13.2 Å². The van der Waals surface area contributed by atoms with E-state index in [1.54, 1.807) is 24.3 Å². The van der Waals surface area contributed by atoms with Crippen LogP contribution >= 0.6 is 11.8 Å². The molecule has 10 heteroatoms. The highest BCUT2D eigenvalue weighted by Gasteiger charge is 2.34. The lowest BCUT2D eigenvalue weighted by atomic mass is 10.1. The lowest BCUT2D eigenvalue weighted by molar-refractivity contribution is -0.137. The number of hydrogen-bond donors (Lipinski definition) is 3. The summed E-state index contributed by atoms with van der Waals surface area (Å²) < 4.78 is 39.2. The summed E-state index contributed by atoms with van der Waals surface area (Å²) in [7, 11) is 0. The molecule has 0 aliphatic heterocycles. The van der Waals surface area contributed by atoms with Crippen LogP contribution in [0.2, 0.25) is 0 Å². The molecule has 1 heterocycles. The third kappa shape index (κ3) is 5.35. The molecule has 0 bridgehead atoms. The van der Waals surface area contributed by atoms with E-state index in [2.05, 4.69) is 15.4 Å². The number of carbonyl (C=O) groups excluding carboxylic acids is 2. The van der Waals surface area contributed by atoms with Crippen molar-refractivity contribution < 1.29 is 22.8 Å². The fourth-order valence-corrected chi connectivity index (χ4v) is 3.92. The second kappa shape index (κ2) is 9.37. The van der Waals surface area contributed by atoms with Crippen LogP contribution in [0, 0.1) is 0 Å². The highest BCUT2D eigenvalue weighted by atomic mass is 32.2. The van der Waals surface area contributed by atoms with Crippen molar-refractivity contribution >= 4 is 34.6 Å². The Balaban J connectivity index is 1.33. The SMILES string of the molecule is O=C(NNC(=O)c1ccccc1C(F)(F)F)c1ccc(CSc2nc3ccccc3[nH]2)cc1. The fraction of sp³-hybridized carbons (Fsp3) is 0.0870.